The molecule has 4 nitrogen and oxygen atoms in total. The van der Waals surface area contributed by atoms with Gasteiger partial charge in [0.15, 0.2) is 0 Å². The van der Waals surface area contributed by atoms with Gasteiger partial charge in [-0.25, -0.2) is 0 Å². The van der Waals surface area contributed by atoms with Gasteiger partial charge in [0.1, 0.15) is 0 Å². The fraction of sp³-hybridized carbons (Fsp3) is 0.733. The van der Waals surface area contributed by atoms with Gasteiger partial charge in [-0.3, -0.25) is 9.59 Å². The maximum absolute atomic E-state index is 12.6. The first-order valence-corrected chi connectivity index (χ1v) is 7.45. The van der Waals surface area contributed by atoms with Crippen LogP contribution in [0.25, 0.3) is 0 Å². The molecule has 106 valence electrons. The fourth-order valence-corrected chi connectivity index (χ4v) is 3.03. The second-order valence-electron chi connectivity index (χ2n) is 5.44. The summed E-state index contributed by atoms with van der Waals surface area (Å²) in [4.78, 5) is 26.6. The average molecular weight is 264 g/mol. The van der Waals surface area contributed by atoms with Crippen molar-refractivity contribution in [2.24, 2.45) is 11.8 Å². The number of nitrogens with zero attached hydrogens (tertiary/aromatic N) is 1. The smallest absolute Gasteiger partial charge is 0.226 e. The lowest BCUT2D eigenvalue weighted by atomic mass is 9.81. The van der Waals surface area contributed by atoms with Gasteiger partial charge in [-0.2, -0.15) is 0 Å². The van der Waals surface area contributed by atoms with E-state index in [9.17, 15) is 9.59 Å². The van der Waals surface area contributed by atoms with Gasteiger partial charge in [-0.15, -0.1) is 0 Å². The van der Waals surface area contributed by atoms with Gasteiger partial charge in [-0.1, -0.05) is 12.2 Å². The van der Waals surface area contributed by atoms with Crippen LogP contribution in [-0.2, 0) is 9.59 Å². The quantitative estimate of drug-likeness (QED) is 0.789. The SMILES string of the molecule is CCNC(=O)[C@H]1CC=CC[C@@H]1C(=O)N1CCCCC1. The van der Waals surface area contributed by atoms with E-state index in [1.54, 1.807) is 0 Å². The minimum Gasteiger partial charge on any atom is -0.356 e. The molecule has 0 bridgehead atoms. The Balaban J connectivity index is 2.04. The largest absolute Gasteiger partial charge is 0.356 e. The predicted octanol–water partition coefficient (Wildman–Crippen LogP) is 1.72. The van der Waals surface area contributed by atoms with E-state index < -0.39 is 0 Å². The Kier molecular flexibility index (Phi) is 5.00. The van der Waals surface area contributed by atoms with Crippen LogP contribution in [0.2, 0.25) is 0 Å². The molecule has 4 heteroatoms. The summed E-state index contributed by atoms with van der Waals surface area (Å²) in [7, 11) is 0. The van der Waals surface area contributed by atoms with E-state index in [4.69, 9.17) is 0 Å². The molecule has 0 saturated carbocycles. The third-order valence-electron chi connectivity index (χ3n) is 4.11. The van der Waals surface area contributed by atoms with Crippen molar-refractivity contribution < 1.29 is 9.59 Å². The van der Waals surface area contributed by atoms with Gasteiger partial charge < -0.3 is 10.2 Å². The zero-order valence-electron chi connectivity index (χ0n) is 11.7. The second-order valence-corrected chi connectivity index (χ2v) is 5.44. The molecule has 0 unspecified atom stereocenters. The molecule has 0 aromatic carbocycles. The Labute approximate surface area is 115 Å². The number of carbonyl (C=O) groups excluding carboxylic acids is 2. The Hall–Kier alpha value is -1.32. The fourth-order valence-electron chi connectivity index (χ4n) is 3.03. The molecular formula is C15H24N2O2. The van der Waals surface area contributed by atoms with Crippen LogP contribution in [0.4, 0.5) is 0 Å². The summed E-state index contributed by atoms with van der Waals surface area (Å²) in [5.74, 6) is -0.128. The Morgan fingerprint density at radius 2 is 1.74 bits per heavy atom. The molecule has 2 atom stereocenters. The van der Waals surface area contributed by atoms with E-state index in [2.05, 4.69) is 5.32 Å². The average Bonchev–Trinajstić information content (AvgIpc) is 2.47. The Bertz CT molecular complexity index is 359. The maximum atomic E-state index is 12.6. The molecule has 1 fully saturated rings. The summed E-state index contributed by atoms with van der Waals surface area (Å²) in [5, 5.41) is 2.86. The zero-order chi connectivity index (χ0) is 13.7. The van der Waals surface area contributed by atoms with Gasteiger partial charge in [0.25, 0.3) is 0 Å². The first-order chi connectivity index (χ1) is 9.24. The molecule has 1 saturated heterocycles. The number of hydrogen-bond donors (Lipinski definition) is 1. The molecule has 19 heavy (non-hydrogen) atoms. The van der Waals surface area contributed by atoms with Gasteiger partial charge in [0.2, 0.25) is 11.8 Å². The van der Waals surface area contributed by atoms with Crippen LogP contribution in [0.15, 0.2) is 12.2 Å². The molecule has 0 spiro atoms. The summed E-state index contributed by atoms with van der Waals surface area (Å²) < 4.78 is 0. The lowest BCUT2D eigenvalue weighted by Crippen LogP contribution is -2.46. The standard InChI is InChI=1S/C15H24N2O2/c1-2-16-14(18)12-8-4-5-9-13(12)15(19)17-10-6-3-7-11-17/h4-5,12-13H,2-3,6-11H2,1H3,(H,16,18)/t12-,13-/m0/s1. The van der Waals surface area contributed by atoms with Crippen LogP contribution in [0, 0.1) is 11.8 Å². The van der Waals surface area contributed by atoms with Crippen molar-refractivity contribution in [1.29, 1.82) is 0 Å². The van der Waals surface area contributed by atoms with Crippen molar-refractivity contribution in [2.75, 3.05) is 19.6 Å². The number of amides is 2. The summed E-state index contributed by atoms with van der Waals surface area (Å²) in [6.07, 6.45) is 8.88. The summed E-state index contributed by atoms with van der Waals surface area (Å²) in [6, 6.07) is 0. The number of hydrogen-bond acceptors (Lipinski definition) is 2. The van der Waals surface area contributed by atoms with Crippen LogP contribution >= 0.6 is 0 Å². The highest BCUT2D eigenvalue weighted by Crippen LogP contribution is 2.28. The van der Waals surface area contributed by atoms with Crippen LogP contribution < -0.4 is 5.32 Å². The van der Waals surface area contributed by atoms with Crippen molar-refractivity contribution in [3.63, 3.8) is 0 Å². The number of piperidine rings is 1. The van der Waals surface area contributed by atoms with E-state index >= 15 is 0 Å². The number of likely N-dealkylation sites (tertiary alicyclic amines) is 1. The van der Waals surface area contributed by atoms with Gasteiger partial charge in [0, 0.05) is 19.6 Å². The minimum atomic E-state index is -0.181. The van der Waals surface area contributed by atoms with E-state index in [0.717, 1.165) is 25.9 Å². The predicted molar refractivity (Wildman–Crippen MR) is 74.5 cm³/mol. The van der Waals surface area contributed by atoms with Gasteiger partial charge in [0.05, 0.1) is 11.8 Å². The molecule has 2 rings (SSSR count). The molecule has 1 aliphatic carbocycles. The molecule has 1 heterocycles. The number of rotatable bonds is 3. The molecule has 1 N–H and O–H groups in total. The summed E-state index contributed by atoms with van der Waals surface area (Å²) in [6.45, 7) is 4.27. The van der Waals surface area contributed by atoms with Crippen molar-refractivity contribution in [3.05, 3.63) is 12.2 Å². The molecular weight excluding hydrogens is 240 g/mol. The number of nitrogens with one attached hydrogen (secondary N) is 1. The second kappa shape index (κ2) is 6.73. The molecule has 2 amide bonds. The molecule has 0 aromatic heterocycles. The molecule has 0 aromatic rings. The molecule has 2 aliphatic rings. The van der Waals surface area contributed by atoms with E-state index in [1.807, 2.05) is 24.0 Å². The Morgan fingerprint density at radius 1 is 1.11 bits per heavy atom. The van der Waals surface area contributed by atoms with Crippen molar-refractivity contribution in [3.8, 4) is 0 Å². The van der Waals surface area contributed by atoms with Crippen LogP contribution in [0.5, 0.6) is 0 Å². The topological polar surface area (TPSA) is 49.4 Å². The number of allylic oxidation sites excluding steroid dienone is 2. The third kappa shape index (κ3) is 3.37. The van der Waals surface area contributed by atoms with Crippen molar-refractivity contribution >= 4 is 11.8 Å². The lowest BCUT2D eigenvalue weighted by molar-refractivity contribution is -0.142. The zero-order valence-corrected chi connectivity index (χ0v) is 11.7. The first kappa shape index (κ1) is 14.1. The maximum Gasteiger partial charge on any atom is 0.226 e. The normalized spacial score (nSPS) is 27.1. The highest BCUT2D eigenvalue weighted by Gasteiger charge is 2.36. The van der Waals surface area contributed by atoms with Gasteiger partial charge >= 0.3 is 0 Å². The van der Waals surface area contributed by atoms with E-state index in [1.165, 1.54) is 6.42 Å². The summed E-state index contributed by atoms with van der Waals surface area (Å²) in [5.41, 5.74) is 0. The lowest BCUT2D eigenvalue weighted by Gasteiger charge is -2.34. The highest BCUT2D eigenvalue weighted by molar-refractivity contribution is 5.88. The van der Waals surface area contributed by atoms with Crippen molar-refractivity contribution in [1.82, 2.24) is 10.2 Å². The van der Waals surface area contributed by atoms with E-state index in [-0.39, 0.29) is 23.7 Å². The highest BCUT2D eigenvalue weighted by atomic mass is 16.2. The van der Waals surface area contributed by atoms with Crippen LogP contribution in [0.3, 0.4) is 0 Å². The first-order valence-electron chi connectivity index (χ1n) is 7.45. The monoisotopic (exact) mass is 264 g/mol. The molecule has 0 radical (unpaired) electrons. The van der Waals surface area contributed by atoms with Crippen LogP contribution in [0.1, 0.15) is 39.0 Å². The minimum absolute atomic E-state index is 0.0298. The van der Waals surface area contributed by atoms with E-state index in [0.29, 0.717) is 19.4 Å². The van der Waals surface area contributed by atoms with Crippen LogP contribution in [-0.4, -0.2) is 36.3 Å². The van der Waals surface area contributed by atoms with Gasteiger partial charge in [-0.05, 0) is 39.0 Å². The summed E-state index contributed by atoms with van der Waals surface area (Å²) >= 11 is 0. The Morgan fingerprint density at radius 3 is 2.37 bits per heavy atom. The van der Waals surface area contributed by atoms with Crippen molar-refractivity contribution in [2.45, 2.75) is 39.0 Å². The number of carbonyl (C=O) groups is 2. The molecule has 1 aliphatic heterocycles. The third-order valence-corrected chi connectivity index (χ3v) is 4.11.